The zero-order valence-electron chi connectivity index (χ0n) is 14.4. The Balaban J connectivity index is 1.78. The van der Waals surface area contributed by atoms with Crippen LogP contribution in [0.15, 0.2) is 48.5 Å². The largest absolute Gasteiger partial charge is 0.496 e. The van der Waals surface area contributed by atoms with Gasteiger partial charge in [-0.05, 0) is 24.1 Å². The van der Waals surface area contributed by atoms with E-state index in [1.54, 1.807) is 19.2 Å². The lowest BCUT2D eigenvalue weighted by Crippen LogP contribution is -2.44. The number of benzene rings is 2. The second-order valence-electron chi connectivity index (χ2n) is 5.33. The molecular weight excluding hydrogens is 320 g/mol. The first-order valence-electron chi connectivity index (χ1n) is 8.04. The van der Waals surface area contributed by atoms with Crippen LogP contribution in [-0.4, -0.2) is 25.5 Å². The van der Waals surface area contributed by atoms with Gasteiger partial charge in [-0.1, -0.05) is 43.3 Å². The number of para-hydroxylation sites is 2. The molecule has 0 unspecified atom stereocenters. The minimum Gasteiger partial charge on any atom is -0.496 e. The fourth-order valence-electron chi connectivity index (χ4n) is 2.32. The third-order valence-corrected chi connectivity index (χ3v) is 3.60. The highest BCUT2D eigenvalue weighted by atomic mass is 16.5. The van der Waals surface area contributed by atoms with Crippen molar-refractivity contribution in [2.75, 3.05) is 13.7 Å². The number of carbonyl (C=O) groups excluding carboxylic acids is 2. The van der Waals surface area contributed by atoms with E-state index in [2.05, 4.69) is 10.9 Å². The van der Waals surface area contributed by atoms with Gasteiger partial charge in [0.05, 0.1) is 13.5 Å². The fourth-order valence-corrected chi connectivity index (χ4v) is 2.32. The summed E-state index contributed by atoms with van der Waals surface area (Å²) in [5.74, 6) is 0.523. The average molecular weight is 342 g/mol. The summed E-state index contributed by atoms with van der Waals surface area (Å²) in [5.41, 5.74) is 6.48. The van der Waals surface area contributed by atoms with Crippen LogP contribution in [0, 0.1) is 0 Å². The molecule has 0 fully saturated rings. The van der Waals surface area contributed by atoms with Gasteiger partial charge >= 0.3 is 0 Å². The van der Waals surface area contributed by atoms with Crippen molar-refractivity contribution in [3.63, 3.8) is 0 Å². The Hall–Kier alpha value is -3.02. The second kappa shape index (κ2) is 9.32. The van der Waals surface area contributed by atoms with E-state index in [4.69, 9.17) is 9.47 Å². The third kappa shape index (κ3) is 5.53. The Morgan fingerprint density at radius 2 is 1.48 bits per heavy atom. The molecule has 0 saturated carbocycles. The summed E-state index contributed by atoms with van der Waals surface area (Å²) >= 11 is 0. The molecule has 0 aliphatic heterocycles. The maximum Gasteiger partial charge on any atom is 0.276 e. The predicted octanol–water partition coefficient (Wildman–Crippen LogP) is 2.03. The highest BCUT2D eigenvalue weighted by Crippen LogP contribution is 2.18. The Kier molecular flexibility index (Phi) is 6.83. The van der Waals surface area contributed by atoms with E-state index in [1.807, 2.05) is 43.3 Å². The molecule has 0 aromatic heterocycles. The lowest BCUT2D eigenvalue weighted by Gasteiger charge is -2.12. The number of amides is 2. The van der Waals surface area contributed by atoms with Gasteiger partial charge in [0.25, 0.3) is 5.91 Å². The molecule has 0 spiro atoms. The topological polar surface area (TPSA) is 76.7 Å². The molecule has 25 heavy (non-hydrogen) atoms. The van der Waals surface area contributed by atoms with E-state index in [0.29, 0.717) is 11.5 Å². The number of carbonyl (C=O) groups is 2. The molecular formula is C19H22N2O4. The smallest absolute Gasteiger partial charge is 0.276 e. The lowest BCUT2D eigenvalue weighted by molar-refractivity contribution is -0.129. The van der Waals surface area contributed by atoms with Crippen molar-refractivity contribution in [3.05, 3.63) is 59.7 Å². The number of hydrogen-bond donors (Lipinski definition) is 2. The summed E-state index contributed by atoms with van der Waals surface area (Å²) in [6.45, 7) is 1.84. The highest BCUT2D eigenvalue weighted by molar-refractivity contribution is 5.84. The number of ether oxygens (including phenoxy) is 2. The van der Waals surface area contributed by atoms with Crippen LogP contribution in [0.3, 0.4) is 0 Å². The predicted molar refractivity (Wildman–Crippen MR) is 94.3 cm³/mol. The van der Waals surface area contributed by atoms with Crippen LogP contribution in [0.1, 0.15) is 18.1 Å². The van der Waals surface area contributed by atoms with Crippen LogP contribution in [0.4, 0.5) is 0 Å². The monoisotopic (exact) mass is 342 g/mol. The van der Waals surface area contributed by atoms with E-state index in [1.165, 1.54) is 0 Å². The van der Waals surface area contributed by atoms with Crippen LogP contribution < -0.4 is 20.3 Å². The minimum atomic E-state index is -0.431. The van der Waals surface area contributed by atoms with Crippen LogP contribution in [-0.2, 0) is 22.4 Å². The number of aryl methyl sites for hydroxylation is 1. The highest BCUT2D eigenvalue weighted by Gasteiger charge is 2.10. The lowest BCUT2D eigenvalue weighted by atomic mass is 10.1. The molecule has 0 atom stereocenters. The third-order valence-electron chi connectivity index (χ3n) is 3.60. The first kappa shape index (κ1) is 18.3. The van der Waals surface area contributed by atoms with Gasteiger partial charge in [-0.2, -0.15) is 0 Å². The van der Waals surface area contributed by atoms with Crippen LogP contribution >= 0.6 is 0 Å². The number of hydrazine groups is 1. The second-order valence-corrected chi connectivity index (χ2v) is 5.33. The van der Waals surface area contributed by atoms with Crippen molar-refractivity contribution in [2.45, 2.75) is 19.8 Å². The van der Waals surface area contributed by atoms with Crippen molar-refractivity contribution in [1.29, 1.82) is 0 Å². The molecule has 2 rings (SSSR count). The molecule has 132 valence electrons. The Labute approximate surface area is 147 Å². The summed E-state index contributed by atoms with van der Waals surface area (Å²) in [4.78, 5) is 23.8. The molecule has 2 aromatic carbocycles. The molecule has 2 N–H and O–H groups in total. The standard InChI is InChI=1S/C19H22N2O4/c1-3-14-8-4-7-11-17(14)25-13-19(23)21-20-18(22)12-15-9-5-6-10-16(15)24-2/h4-11H,3,12-13H2,1-2H3,(H,20,22)(H,21,23). The summed E-state index contributed by atoms with van der Waals surface area (Å²) in [7, 11) is 1.55. The van der Waals surface area contributed by atoms with Gasteiger partial charge in [-0.25, -0.2) is 0 Å². The maximum absolute atomic E-state index is 11.9. The number of methoxy groups -OCH3 is 1. The average Bonchev–Trinajstić information content (AvgIpc) is 2.65. The molecule has 0 bridgehead atoms. The van der Waals surface area contributed by atoms with E-state index in [9.17, 15) is 9.59 Å². The number of nitrogens with one attached hydrogen (secondary N) is 2. The Bertz CT molecular complexity index is 731. The van der Waals surface area contributed by atoms with Gasteiger partial charge < -0.3 is 9.47 Å². The van der Waals surface area contributed by atoms with E-state index in [0.717, 1.165) is 17.5 Å². The Morgan fingerprint density at radius 3 is 2.16 bits per heavy atom. The first-order valence-corrected chi connectivity index (χ1v) is 8.04. The van der Waals surface area contributed by atoms with Crippen molar-refractivity contribution in [3.8, 4) is 11.5 Å². The molecule has 0 saturated heterocycles. The minimum absolute atomic E-state index is 0.101. The van der Waals surface area contributed by atoms with Crippen LogP contribution in [0.25, 0.3) is 0 Å². The van der Waals surface area contributed by atoms with Gasteiger partial charge in [-0.15, -0.1) is 0 Å². The fraction of sp³-hybridized carbons (Fsp3) is 0.263. The molecule has 2 amide bonds. The first-order chi connectivity index (χ1) is 12.1. The van der Waals surface area contributed by atoms with Crippen molar-refractivity contribution in [2.24, 2.45) is 0 Å². The molecule has 0 heterocycles. The van der Waals surface area contributed by atoms with Crippen LogP contribution in [0.5, 0.6) is 11.5 Å². The number of rotatable bonds is 7. The van der Waals surface area contributed by atoms with Gasteiger partial charge in [0.15, 0.2) is 6.61 Å². The van der Waals surface area contributed by atoms with Crippen molar-refractivity contribution in [1.82, 2.24) is 10.9 Å². The zero-order valence-corrected chi connectivity index (χ0v) is 14.4. The van der Waals surface area contributed by atoms with Crippen molar-refractivity contribution >= 4 is 11.8 Å². The molecule has 6 nitrogen and oxygen atoms in total. The summed E-state index contributed by atoms with van der Waals surface area (Å²) < 4.78 is 10.7. The van der Waals surface area contributed by atoms with E-state index in [-0.39, 0.29) is 18.9 Å². The van der Waals surface area contributed by atoms with Crippen molar-refractivity contribution < 1.29 is 19.1 Å². The van der Waals surface area contributed by atoms with Crippen LogP contribution in [0.2, 0.25) is 0 Å². The van der Waals surface area contributed by atoms with Gasteiger partial charge in [0.1, 0.15) is 11.5 Å². The van der Waals surface area contributed by atoms with Gasteiger partial charge in [0.2, 0.25) is 5.91 Å². The number of hydrogen-bond acceptors (Lipinski definition) is 4. The van der Waals surface area contributed by atoms with Gasteiger partial charge in [-0.3, -0.25) is 20.4 Å². The maximum atomic E-state index is 11.9. The molecule has 2 aromatic rings. The molecule has 6 heteroatoms. The SMILES string of the molecule is CCc1ccccc1OCC(=O)NNC(=O)Cc1ccccc1OC. The zero-order chi connectivity index (χ0) is 18.1. The summed E-state index contributed by atoms with van der Waals surface area (Å²) in [6.07, 6.45) is 0.914. The van der Waals surface area contributed by atoms with E-state index >= 15 is 0 Å². The van der Waals surface area contributed by atoms with Gasteiger partial charge in [0, 0.05) is 5.56 Å². The quantitative estimate of drug-likeness (QED) is 0.755. The van der Waals surface area contributed by atoms with E-state index < -0.39 is 5.91 Å². The summed E-state index contributed by atoms with van der Waals surface area (Å²) in [5, 5.41) is 0. The molecule has 0 aliphatic rings. The molecule has 0 radical (unpaired) electrons. The summed E-state index contributed by atoms with van der Waals surface area (Å²) in [6, 6.07) is 14.8. The Morgan fingerprint density at radius 1 is 0.880 bits per heavy atom. The molecule has 0 aliphatic carbocycles. The normalized spacial score (nSPS) is 10.0.